The van der Waals surface area contributed by atoms with Gasteiger partial charge >= 0.3 is 0 Å². The molecule has 2 heterocycles. The summed E-state index contributed by atoms with van der Waals surface area (Å²) in [6, 6.07) is 15.6. The number of fused-ring (bicyclic) bond motifs is 3. The molecule has 0 bridgehead atoms. The molecule has 21 heavy (non-hydrogen) atoms. The summed E-state index contributed by atoms with van der Waals surface area (Å²) in [6.07, 6.45) is 0. The average molecular weight is 360 g/mol. The van der Waals surface area contributed by atoms with Gasteiger partial charge in [-0.3, -0.25) is 0 Å². The van der Waals surface area contributed by atoms with Crippen LogP contribution in [0, 0.1) is 0 Å². The van der Waals surface area contributed by atoms with Crippen molar-refractivity contribution in [3.05, 3.63) is 58.3 Å². The fourth-order valence-corrected chi connectivity index (χ4v) is 2.89. The maximum absolute atomic E-state index is 6.09. The van der Waals surface area contributed by atoms with Crippen molar-refractivity contribution < 1.29 is 4.42 Å². The van der Waals surface area contributed by atoms with E-state index in [0.717, 1.165) is 26.5 Å². The van der Waals surface area contributed by atoms with Gasteiger partial charge in [-0.1, -0.05) is 46.3 Å². The first-order valence-corrected chi connectivity index (χ1v) is 7.50. The molecule has 0 aliphatic heterocycles. The smallest absolute Gasteiger partial charge is 0.223 e. The molecule has 0 amide bonds. The van der Waals surface area contributed by atoms with Gasteiger partial charge in [-0.05, 0) is 29.8 Å². The highest BCUT2D eigenvalue weighted by atomic mass is 79.9. The average Bonchev–Trinajstić information content (AvgIpc) is 2.84. The molecule has 0 N–H and O–H groups in total. The second-order valence-corrected chi connectivity index (χ2v) is 5.88. The van der Waals surface area contributed by atoms with Crippen molar-refractivity contribution in [2.45, 2.75) is 0 Å². The zero-order chi connectivity index (χ0) is 14.4. The Kier molecular flexibility index (Phi) is 2.94. The minimum atomic E-state index is 0.215. The van der Waals surface area contributed by atoms with E-state index in [4.69, 9.17) is 16.0 Å². The Hall–Kier alpha value is -1.91. The van der Waals surface area contributed by atoms with E-state index in [-0.39, 0.29) is 5.28 Å². The Labute approximate surface area is 133 Å². The van der Waals surface area contributed by atoms with Crippen LogP contribution >= 0.6 is 27.5 Å². The lowest BCUT2D eigenvalue weighted by Gasteiger charge is -2.01. The van der Waals surface area contributed by atoms with Crippen LogP contribution in [0.4, 0.5) is 0 Å². The van der Waals surface area contributed by atoms with Crippen molar-refractivity contribution in [2.24, 2.45) is 0 Å². The molecule has 0 saturated heterocycles. The first kappa shape index (κ1) is 12.8. The summed E-state index contributed by atoms with van der Waals surface area (Å²) in [7, 11) is 0. The summed E-state index contributed by atoms with van der Waals surface area (Å²) in [4.78, 5) is 8.66. The molecule has 0 unspecified atom stereocenters. The van der Waals surface area contributed by atoms with Crippen molar-refractivity contribution in [1.29, 1.82) is 0 Å². The number of benzene rings is 2. The molecule has 0 radical (unpaired) electrons. The van der Waals surface area contributed by atoms with Gasteiger partial charge < -0.3 is 4.42 Å². The van der Waals surface area contributed by atoms with Crippen LogP contribution in [-0.2, 0) is 0 Å². The van der Waals surface area contributed by atoms with Crippen LogP contribution in [0.2, 0.25) is 5.28 Å². The summed E-state index contributed by atoms with van der Waals surface area (Å²) in [5.74, 6) is 0. The van der Waals surface area contributed by atoms with E-state index in [2.05, 4.69) is 25.9 Å². The minimum absolute atomic E-state index is 0.215. The Morgan fingerprint density at radius 1 is 1.00 bits per heavy atom. The fraction of sp³-hybridized carbons (Fsp3) is 0. The molecule has 3 nitrogen and oxygen atoms in total. The SMILES string of the molecule is Clc1nc(-c2ccccc2)c2oc3cc(Br)ccc3c2n1. The van der Waals surface area contributed by atoms with E-state index in [0.29, 0.717) is 11.3 Å². The lowest BCUT2D eigenvalue weighted by atomic mass is 10.1. The van der Waals surface area contributed by atoms with Gasteiger partial charge in [-0.15, -0.1) is 0 Å². The normalized spacial score (nSPS) is 11.3. The number of rotatable bonds is 1. The molecule has 2 aromatic heterocycles. The molecule has 4 rings (SSSR count). The summed E-state index contributed by atoms with van der Waals surface area (Å²) in [5, 5.41) is 1.14. The van der Waals surface area contributed by atoms with Crippen molar-refractivity contribution in [2.75, 3.05) is 0 Å². The molecule has 0 aliphatic carbocycles. The third-order valence-electron chi connectivity index (χ3n) is 3.30. The van der Waals surface area contributed by atoms with Crippen molar-refractivity contribution in [3.8, 4) is 11.3 Å². The van der Waals surface area contributed by atoms with Crippen molar-refractivity contribution >= 4 is 49.6 Å². The van der Waals surface area contributed by atoms with Gasteiger partial charge in [0, 0.05) is 15.4 Å². The summed E-state index contributed by atoms with van der Waals surface area (Å²) in [6.45, 7) is 0. The molecule has 0 aliphatic rings. The number of hydrogen-bond donors (Lipinski definition) is 0. The lowest BCUT2D eigenvalue weighted by molar-refractivity contribution is 0.667. The molecule has 0 fully saturated rings. The Bertz CT molecular complexity index is 966. The predicted octanol–water partition coefficient (Wildman–Crippen LogP) is 5.46. The highest BCUT2D eigenvalue weighted by molar-refractivity contribution is 9.10. The van der Waals surface area contributed by atoms with Gasteiger partial charge in [0.15, 0.2) is 5.58 Å². The third-order valence-corrected chi connectivity index (χ3v) is 3.96. The zero-order valence-corrected chi connectivity index (χ0v) is 13.0. The Morgan fingerprint density at radius 3 is 2.62 bits per heavy atom. The molecule has 102 valence electrons. The predicted molar refractivity (Wildman–Crippen MR) is 87.5 cm³/mol. The topological polar surface area (TPSA) is 38.9 Å². The number of halogens is 2. The quantitative estimate of drug-likeness (QED) is 0.424. The van der Waals surface area contributed by atoms with Gasteiger partial charge in [0.1, 0.15) is 16.8 Å². The van der Waals surface area contributed by atoms with Crippen LogP contribution in [0.1, 0.15) is 0 Å². The maximum Gasteiger partial charge on any atom is 0.223 e. The lowest BCUT2D eigenvalue weighted by Crippen LogP contribution is -1.88. The van der Waals surface area contributed by atoms with Gasteiger partial charge in [0.05, 0.1) is 0 Å². The second-order valence-electron chi connectivity index (χ2n) is 4.63. The molecular weight excluding hydrogens is 352 g/mol. The van der Waals surface area contributed by atoms with E-state index in [1.54, 1.807) is 0 Å². The highest BCUT2D eigenvalue weighted by Crippen LogP contribution is 2.35. The van der Waals surface area contributed by atoms with Crippen LogP contribution in [0.5, 0.6) is 0 Å². The fourth-order valence-electron chi connectivity index (χ4n) is 2.38. The monoisotopic (exact) mass is 358 g/mol. The molecule has 0 saturated carbocycles. The summed E-state index contributed by atoms with van der Waals surface area (Å²) < 4.78 is 6.91. The largest absolute Gasteiger partial charge is 0.452 e. The number of furan rings is 1. The number of hydrogen-bond acceptors (Lipinski definition) is 3. The molecule has 0 spiro atoms. The number of aromatic nitrogens is 2. The Morgan fingerprint density at radius 2 is 1.81 bits per heavy atom. The second kappa shape index (κ2) is 4.83. The van der Waals surface area contributed by atoms with Crippen molar-refractivity contribution in [3.63, 3.8) is 0 Å². The summed E-state index contributed by atoms with van der Waals surface area (Å²) >= 11 is 9.53. The standard InChI is InChI=1S/C16H8BrClN2O/c17-10-6-7-11-12(8-10)21-15-13(9-4-2-1-3-5-9)19-16(18)20-14(11)15/h1-8H. The molecule has 0 atom stereocenters. The zero-order valence-electron chi connectivity index (χ0n) is 10.7. The van der Waals surface area contributed by atoms with Crippen LogP contribution < -0.4 is 0 Å². The molecular formula is C16H8BrClN2O. The van der Waals surface area contributed by atoms with E-state index >= 15 is 0 Å². The van der Waals surface area contributed by atoms with Gasteiger partial charge in [0.2, 0.25) is 5.28 Å². The maximum atomic E-state index is 6.09. The number of nitrogens with zero attached hydrogens (tertiary/aromatic N) is 2. The third kappa shape index (κ3) is 2.11. The van der Waals surface area contributed by atoms with E-state index in [1.807, 2.05) is 48.5 Å². The van der Waals surface area contributed by atoms with Gasteiger partial charge in [-0.2, -0.15) is 0 Å². The minimum Gasteiger partial charge on any atom is -0.452 e. The van der Waals surface area contributed by atoms with Crippen LogP contribution in [0.3, 0.4) is 0 Å². The van der Waals surface area contributed by atoms with E-state index in [1.165, 1.54) is 0 Å². The van der Waals surface area contributed by atoms with Crippen LogP contribution in [-0.4, -0.2) is 9.97 Å². The van der Waals surface area contributed by atoms with Crippen LogP contribution in [0.15, 0.2) is 57.4 Å². The van der Waals surface area contributed by atoms with Crippen LogP contribution in [0.25, 0.3) is 33.3 Å². The van der Waals surface area contributed by atoms with Crippen molar-refractivity contribution in [1.82, 2.24) is 9.97 Å². The molecule has 2 aromatic carbocycles. The van der Waals surface area contributed by atoms with E-state index in [9.17, 15) is 0 Å². The molecule has 5 heteroatoms. The Balaban J connectivity index is 2.14. The van der Waals surface area contributed by atoms with E-state index < -0.39 is 0 Å². The first-order chi connectivity index (χ1) is 10.2. The summed E-state index contributed by atoms with van der Waals surface area (Å²) in [5.41, 5.74) is 3.80. The highest BCUT2D eigenvalue weighted by Gasteiger charge is 2.16. The van der Waals surface area contributed by atoms with Gasteiger partial charge in [0.25, 0.3) is 0 Å². The first-order valence-electron chi connectivity index (χ1n) is 6.33. The van der Waals surface area contributed by atoms with Gasteiger partial charge in [-0.25, -0.2) is 9.97 Å². The molecule has 4 aromatic rings.